The molecule has 1 atom stereocenters. The number of anilines is 1. The van der Waals surface area contributed by atoms with Gasteiger partial charge in [0, 0.05) is 37.2 Å². The summed E-state index contributed by atoms with van der Waals surface area (Å²) >= 11 is 0. The molecule has 0 amide bonds. The van der Waals surface area contributed by atoms with Crippen molar-refractivity contribution in [2.24, 2.45) is 5.92 Å². The van der Waals surface area contributed by atoms with Gasteiger partial charge in [0.2, 0.25) is 0 Å². The van der Waals surface area contributed by atoms with Gasteiger partial charge in [-0.15, -0.1) is 0 Å². The first-order valence-electron chi connectivity index (χ1n) is 5.84. The third-order valence-corrected chi connectivity index (χ3v) is 3.26. The first-order valence-corrected chi connectivity index (χ1v) is 5.84. The Morgan fingerprint density at radius 2 is 2.18 bits per heavy atom. The number of Topliss-reactive ketones (excluding diaryl/α,β-unsaturated/α-hetero) is 1. The Labute approximate surface area is 99.2 Å². The van der Waals surface area contributed by atoms with E-state index < -0.39 is 11.6 Å². The number of ketones is 1. The fraction of sp³-hybridized carbons (Fsp3) is 0.462. The Hall–Kier alpha value is -1.45. The summed E-state index contributed by atoms with van der Waals surface area (Å²) in [6.45, 7) is 3.18. The van der Waals surface area contributed by atoms with E-state index in [2.05, 4.69) is 0 Å². The predicted octanol–water partition coefficient (Wildman–Crippen LogP) is 2.77. The van der Waals surface area contributed by atoms with E-state index >= 15 is 0 Å². The van der Waals surface area contributed by atoms with Crippen molar-refractivity contribution in [1.82, 2.24) is 0 Å². The summed E-state index contributed by atoms with van der Waals surface area (Å²) in [6.07, 6.45) is 1.34. The zero-order valence-corrected chi connectivity index (χ0v) is 9.75. The van der Waals surface area contributed by atoms with Crippen molar-refractivity contribution < 1.29 is 13.6 Å². The number of hydrogen-bond donors (Lipinski definition) is 0. The first kappa shape index (κ1) is 12.0. The largest absolute Gasteiger partial charge is 0.371 e. The molecule has 1 fully saturated rings. The second kappa shape index (κ2) is 4.82. The maximum Gasteiger partial charge on any atom is 0.160 e. The quantitative estimate of drug-likeness (QED) is 0.808. The second-order valence-corrected chi connectivity index (χ2v) is 4.35. The monoisotopic (exact) mass is 239 g/mol. The average molecular weight is 239 g/mol. The molecule has 1 heterocycles. The van der Waals surface area contributed by atoms with Gasteiger partial charge in [0.05, 0.1) is 0 Å². The number of halogens is 2. The van der Waals surface area contributed by atoms with Gasteiger partial charge in [-0.2, -0.15) is 0 Å². The topological polar surface area (TPSA) is 20.3 Å². The van der Waals surface area contributed by atoms with E-state index in [0.29, 0.717) is 18.7 Å². The molecule has 17 heavy (non-hydrogen) atoms. The van der Waals surface area contributed by atoms with Crippen molar-refractivity contribution in [3.05, 3.63) is 29.8 Å². The second-order valence-electron chi connectivity index (χ2n) is 4.35. The molecule has 1 aliphatic heterocycles. The number of rotatable bonds is 3. The lowest BCUT2D eigenvalue weighted by Crippen LogP contribution is -2.22. The van der Waals surface area contributed by atoms with Gasteiger partial charge in [-0.25, -0.2) is 8.78 Å². The molecule has 1 aromatic rings. The number of nitrogens with zero attached hydrogens (tertiary/aromatic N) is 1. The lowest BCUT2D eigenvalue weighted by atomic mass is 10.0. The highest BCUT2D eigenvalue weighted by molar-refractivity contribution is 5.82. The molecule has 1 aliphatic rings. The van der Waals surface area contributed by atoms with Gasteiger partial charge >= 0.3 is 0 Å². The van der Waals surface area contributed by atoms with E-state index in [1.807, 2.05) is 11.8 Å². The van der Waals surface area contributed by atoms with Crippen LogP contribution in [0, 0.1) is 17.6 Å². The van der Waals surface area contributed by atoms with E-state index in [1.54, 1.807) is 6.07 Å². The van der Waals surface area contributed by atoms with Crippen molar-refractivity contribution >= 4 is 11.5 Å². The van der Waals surface area contributed by atoms with Crippen LogP contribution in [-0.2, 0) is 4.79 Å². The van der Waals surface area contributed by atoms with Gasteiger partial charge in [0.15, 0.2) is 11.6 Å². The molecular formula is C13H15F2NO. The average Bonchev–Trinajstić information content (AvgIpc) is 2.81. The lowest BCUT2D eigenvalue weighted by Gasteiger charge is -2.18. The van der Waals surface area contributed by atoms with Crippen molar-refractivity contribution in [3.8, 4) is 0 Å². The highest BCUT2D eigenvalue weighted by Crippen LogP contribution is 2.26. The zero-order chi connectivity index (χ0) is 12.4. The number of benzene rings is 1. The molecule has 0 bridgehead atoms. The third kappa shape index (κ3) is 2.46. The van der Waals surface area contributed by atoms with Crippen LogP contribution in [0.1, 0.15) is 19.8 Å². The van der Waals surface area contributed by atoms with Crippen LogP contribution < -0.4 is 4.90 Å². The van der Waals surface area contributed by atoms with Crippen molar-refractivity contribution in [2.45, 2.75) is 19.8 Å². The van der Waals surface area contributed by atoms with Crippen molar-refractivity contribution in [3.63, 3.8) is 0 Å². The van der Waals surface area contributed by atoms with Gasteiger partial charge in [0.1, 0.15) is 5.78 Å². The van der Waals surface area contributed by atoms with E-state index in [9.17, 15) is 13.6 Å². The van der Waals surface area contributed by atoms with Crippen LogP contribution in [0.2, 0.25) is 0 Å². The van der Waals surface area contributed by atoms with E-state index in [1.165, 1.54) is 6.07 Å². The summed E-state index contributed by atoms with van der Waals surface area (Å²) in [6, 6.07) is 3.87. The Kier molecular flexibility index (Phi) is 3.41. The Bertz CT molecular complexity index is 433. The van der Waals surface area contributed by atoms with Crippen LogP contribution in [-0.4, -0.2) is 18.9 Å². The molecule has 2 nitrogen and oxygen atoms in total. The highest BCUT2D eigenvalue weighted by atomic mass is 19.2. The molecule has 1 unspecified atom stereocenters. The van der Waals surface area contributed by atoms with Crippen molar-refractivity contribution in [1.29, 1.82) is 0 Å². The van der Waals surface area contributed by atoms with E-state index in [4.69, 9.17) is 0 Å². The summed E-state index contributed by atoms with van der Waals surface area (Å²) < 4.78 is 25.9. The summed E-state index contributed by atoms with van der Waals surface area (Å²) in [7, 11) is 0. The van der Waals surface area contributed by atoms with Crippen LogP contribution in [0.4, 0.5) is 14.5 Å². The first-order chi connectivity index (χ1) is 8.11. The standard InChI is InChI=1S/C13H15F2NO/c1-2-13(17)9-5-6-16(8-9)10-3-4-11(14)12(15)7-10/h3-4,7,9H,2,5-6,8H2,1H3. The van der Waals surface area contributed by atoms with Crippen LogP contribution in [0.5, 0.6) is 0 Å². The zero-order valence-electron chi connectivity index (χ0n) is 9.75. The van der Waals surface area contributed by atoms with Crippen LogP contribution in [0.15, 0.2) is 18.2 Å². The Morgan fingerprint density at radius 1 is 1.41 bits per heavy atom. The molecule has 1 aromatic carbocycles. The third-order valence-electron chi connectivity index (χ3n) is 3.26. The molecular weight excluding hydrogens is 224 g/mol. The molecule has 0 aromatic heterocycles. The molecule has 0 aliphatic carbocycles. The van der Waals surface area contributed by atoms with Gasteiger partial charge < -0.3 is 4.90 Å². The molecule has 0 saturated carbocycles. The SMILES string of the molecule is CCC(=O)C1CCN(c2ccc(F)c(F)c2)C1. The van der Waals surface area contributed by atoms with Gasteiger partial charge in [0.25, 0.3) is 0 Å². The van der Waals surface area contributed by atoms with E-state index in [-0.39, 0.29) is 11.7 Å². The van der Waals surface area contributed by atoms with Crippen LogP contribution in [0.25, 0.3) is 0 Å². The predicted molar refractivity (Wildman–Crippen MR) is 62.0 cm³/mol. The van der Waals surface area contributed by atoms with Gasteiger partial charge in [-0.05, 0) is 18.6 Å². The minimum atomic E-state index is -0.840. The summed E-state index contributed by atoms with van der Waals surface area (Å²) in [4.78, 5) is 13.5. The number of hydrogen-bond acceptors (Lipinski definition) is 2. The molecule has 0 spiro atoms. The van der Waals surface area contributed by atoms with Gasteiger partial charge in [-0.3, -0.25) is 4.79 Å². The Morgan fingerprint density at radius 3 is 2.82 bits per heavy atom. The molecule has 92 valence electrons. The fourth-order valence-corrected chi connectivity index (χ4v) is 2.23. The van der Waals surface area contributed by atoms with Crippen LogP contribution >= 0.6 is 0 Å². The maximum absolute atomic E-state index is 13.1. The molecule has 4 heteroatoms. The number of carbonyl (C=O) groups is 1. The molecule has 2 rings (SSSR count). The fourth-order valence-electron chi connectivity index (χ4n) is 2.23. The lowest BCUT2D eigenvalue weighted by molar-refractivity contribution is -0.121. The summed E-state index contributed by atoms with van der Waals surface area (Å²) in [5.74, 6) is -1.40. The van der Waals surface area contributed by atoms with Gasteiger partial charge in [-0.1, -0.05) is 6.92 Å². The van der Waals surface area contributed by atoms with Crippen LogP contribution in [0.3, 0.4) is 0 Å². The Balaban J connectivity index is 2.10. The summed E-state index contributed by atoms with van der Waals surface area (Å²) in [5.41, 5.74) is 0.648. The van der Waals surface area contributed by atoms with Crippen molar-refractivity contribution in [2.75, 3.05) is 18.0 Å². The highest BCUT2D eigenvalue weighted by Gasteiger charge is 2.27. The molecule has 1 saturated heterocycles. The smallest absolute Gasteiger partial charge is 0.160 e. The van der Waals surface area contributed by atoms with E-state index in [0.717, 1.165) is 19.0 Å². The number of carbonyl (C=O) groups excluding carboxylic acids is 1. The maximum atomic E-state index is 13.1. The minimum absolute atomic E-state index is 0.0353. The molecule has 0 N–H and O–H groups in total. The molecule has 0 radical (unpaired) electrons. The normalized spacial score (nSPS) is 19.7. The summed E-state index contributed by atoms with van der Waals surface area (Å²) in [5, 5.41) is 0. The minimum Gasteiger partial charge on any atom is -0.371 e.